The molecular weight excluding hydrogens is 206 g/mol. The van der Waals surface area contributed by atoms with Crippen LogP contribution in [0, 0.1) is 17.8 Å². The molecule has 1 nitrogen and oxygen atoms in total. The fraction of sp³-hybridized carbons (Fsp3) is 1.00. The van der Waals surface area contributed by atoms with Crippen LogP contribution in [0.2, 0.25) is 0 Å². The molecule has 0 amide bonds. The third-order valence-electron chi connectivity index (χ3n) is 4.39. The van der Waals surface area contributed by atoms with Crippen molar-refractivity contribution in [3.63, 3.8) is 0 Å². The van der Waals surface area contributed by atoms with Gasteiger partial charge in [0, 0.05) is 18.5 Å². The van der Waals surface area contributed by atoms with Crippen LogP contribution >= 0.6 is 11.6 Å². The lowest BCUT2D eigenvalue weighted by Gasteiger charge is -2.39. The second-order valence-corrected chi connectivity index (χ2v) is 6.27. The van der Waals surface area contributed by atoms with Crippen molar-refractivity contribution in [2.75, 3.05) is 19.6 Å². The molecule has 0 aromatic carbocycles. The molecule has 2 aliphatic rings. The summed E-state index contributed by atoms with van der Waals surface area (Å²) in [6.07, 6.45) is 5.60. The number of hydrogen-bond acceptors (Lipinski definition) is 1. The van der Waals surface area contributed by atoms with Crippen LogP contribution in [0.15, 0.2) is 0 Å². The van der Waals surface area contributed by atoms with Gasteiger partial charge < -0.3 is 4.90 Å². The Bertz CT molecular complexity index is 203. The van der Waals surface area contributed by atoms with E-state index in [9.17, 15) is 0 Å². The summed E-state index contributed by atoms with van der Waals surface area (Å²) in [6, 6.07) is 0. The third-order valence-corrected chi connectivity index (χ3v) is 5.03. The lowest BCUT2D eigenvalue weighted by Crippen LogP contribution is -2.43. The van der Waals surface area contributed by atoms with Gasteiger partial charge in [-0.05, 0) is 30.7 Å². The van der Waals surface area contributed by atoms with Crippen molar-refractivity contribution in [1.29, 1.82) is 0 Å². The molecule has 15 heavy (non-hydrogen) atoms. The number of rotatable bonds is 3. The average molecular weight is 230 g/mol. The molecule has 1 saturated heterocycles. The lowest BCUT2D eigenvalue weighted by atomic mass is 9.76. The summed E-state index contributed by atoms with van der Waals surface area (Å²) in [4.78, 5) is 2.63. The second kappa shape index (κ2) is 5.05. The van der Waals surface area contributed by atoms with Gasteiger partial charge in [0.15, 0.2) is 0 Å². The van der Waals surface area contributed by atoms with Gasteiger partial charge in [0.25, 0.3) is 0 Å². The minimum absolute atomic E-state index is 0.417. The van der Waals surface area contributed by atoms with Gasteiger partial charge in [0.1, 0.15) is 0 Å². The Morgan fingerprint density at radius 1 is 1.33 bits per heavy atom. The Morgan fingerprint density at radius 2 is 2.07 bits per heavy atom. The molecule has 3 atom stereocenters. The number of likely N-dealkylation sites (tertiary alicyclic amines) is 1. The number of halogens is 1. The Morgan fingerprint density at radius 3 is 2.60 bits per heavy atom. The number of piperidine rings is 1. The van der Waals surface area contributed by atoms with Gasteiger partial charge >= 0.3 is 0 Å². The molecule has 3 unspecified atom stereocenters. The number of hydrogen-bond donors (Lipinski definition) is 0. The van der Waals surface area contributed by atoms with Gasteiger partial charge in [0.05, 0.1) is 0 Å². The van der Waals surface area contributed by atoms with Crippen molar-refractivity contribution in [2.45, 2.75) is 44.9 Å². The molecule has 2 fully saturated rings. The molecule has 0 aromatic heterocycles. The normalized spacial score (nSPS) is 36.2. The van der Waals surface area contributed by atoms with E-state index in [0.717, 1.165) is 11.8 Å². The van der Waals surface area contributed by atoms with Gasteiger partial charge in [-0.3, -0.25) is 0 Å². The van der Waals surface area contributed by atoms with Gasteiger partial charge in [-0.25, -0.2) is 0 Å². The van der Waals surface area contributed by atoms with Crippen LogP contribution in [-0.2, 0) is 0 Å². The van der Waals surface area contributed by atoms with E-state index in [4.69, 9.17) is 11.6 Å². The maximum atomic E-state index is 6.24. The average Bonchev–Trinajstić information content (AvgIpc) is 2.08. The molecule has 0 radical (unpaired) electrons. The first-order valence-corrected chi connectivity index (χ1v) is 6.97. The summed E-state index contributed by atoms with van der Waals surface area (Å²) in [5.74, 6) is 2.60. The molecule has 0 aromatic rings. The zero-order valence-corrected chi connectivity index (χ0v) is 10.8. The van der Waals surface area contributed by atoms with Crippen molar-refractivity contribution in [2.24, 2.45) is 17.8 Å². The highest BCUT2D eigenvalue weighted by atomic mass is 35.5. The quantitative estimate of drug-likeness (QED) is 0.671. The summed E-state index contributed by atoms with van der Waals surface area (Å²) in [5, 5.41) is 0.417. The SMILES string of the molecule is CC1CN(CC(C)C2CCC2)CCC1Cl. The fourth-order valence-electron chi connectivity index (χ4n) is 2.93. The molecule has 1 heterocycles. The van der Waals surface area contributed by atoms with E-state index in [1.807, 2.05) is 0 Å². The maximum Gasteiger partial charge on any atom is 0.0386 e. The molecule has 1 aliphatic carbocycles. The third kappa shape index (κ3) is 2.88. The summed E-state index contributed by atoms with van der Waals surface area (Å²) < 4.78 is 0. The molecule has 1 aliphatic heterocycles. The monoisotopic (exact) mass is 229 g/mol. The molecule has 1 saturated carbocycles. The van der Waals surface area contributed by atoms with E-state index in [1.54, 1.807) is 0 Å². The van der Waals surface area contributed by atoms with Gasteiger partial charge in [-0.15, -0.1) is 11.6 Å². The highest BCUT2D eigenvalue weighted by molar-refractivity contribution is 6.20. The zero-order chi connectivity index (χ0) is 10.8. The van der Waals surface area contributed by atoms with E-state index >= 15 is 0 Å². The molecule has 0 bridgehead atoms. The minimum atomic E-state index is 0.417. The first-order chi connectivity index (χ1) is 7.16. The number of nitrogens with zero attached hydrogens (tertiary/aromatic N) is 1. The highest BCUT2D eigenvalue weighted by Gasteiger charge is 2.29. The topological polar surface area (TPSA) is 3.24 Å². The largest absolute Gasteiger partial charge is 0.303 e. The van der Waals surface area contributed by atoms with Gasteiger partial charge in [-0.2, -0.15) is 0 Å². The predicted octanol–water partition coefficient (Wildman–Crippen LogP) is 3.37. The Labute approximate surface area is 99.2 Å². The predicted molar refractivity (Wildman–Crippen MR) is 66.4 cm³/mol. The summed E-state index contributed by atoms with van der Waals surface area (Å²) in [6.45, 7) is 8.46. The maximum absolute atomic E-state index is 6.24. The van der Waals surface area contributed by atoms with Crippen molar-refractivity contribution in [3.8, 4) is 0 Å². The van der Waals surface area contributed by atoms with E-state index < -0.39 is 0 Å². The smallest absolute Gasteiger partial charge is 0.0386 e. The van der Waals surface area contributed by atoms with Crippen LogP contribution in [0.1, 0.15) is 39.5 Å². The summed E-state index contributed by atoms with van der Waals surface area (Å²) in [5.41, 5.74) is 0. The van der Waals surface area contributed by atoms with Crippen LogP contribution < -0.4 is 0 Å². The van der Waals surface area contributed by atoms with Gasteiger partial charge in [-0.1, -0.05) is 33.1 Å². The lowest BCUT2D eigenvalue weighted by molar-refractivity contribution is 0.119. The van der Waals surface area contributed by atoms with Crippen molar-refractivity contribution < 1.29 is 0 Å². The molecule has 88 valence electrons. The standard InChI is InChI=1S/C13H24ClN/c1-10(12-4-3-5-12)8-15-7-6-13(14)11(2)9-15/h10-13H,3-9H2,1-2H3. The highest BCUT2D eigenvalue weighted by Crippen LogP contribution is 2.34. The van der Waals surface area contributed by atoms with Crippen molar-refractivity contribution >= 4 is 11.6 Å². The first-order valence-electron chi connectivity index (χ1n) is 6.53. The molecular formula is C13H24ClN. The fourth-order valence-corrected chi connectivity index (χ4v) is 3.11. The van der Waals surface area contributed by atoms with Crippen LogP contribution in [0.4, 0.5) is 0 Å². The minimum Gasteiger partial charge on any atom is -0.303 e. The van der Waals surface area contributed by atoms with Crippen LogP contribution in [0.3, 0.4) is 0 Å². The molecule has 0 N–H and O–H groups in total. The summed E-state index contributed by atoms with van der Waals surface area (Å²) >= 11 is 6.24. The van der Waals surface area contributed by atoms with Crippen molar-refractivity contribution in [3.05, 3.63) is 0 Å². The van der Waals surface area contributed by atoms with Crippen LogP contribution in [0.5, 0.6) is 0 Å². The molecule has 0 spiro atoms. The Balaban J connectivity index is 1.74. The zero-order valence-electron chi connectivity index (χ0n) is 10.1. The van der Waals surface area contributed by atoms with E-state index in [0.29, 0.717) is 11.3 Å². The molecule has 2 heteroatoms. The van der Waals surface area contributed by atoms with Gasteiger partial charge in [0.2, 0.25) is 0 Å². The van der Waals surface area contributed by atoms with E-state index in [2.05, 4.69) is 18.7 Å². The Kier molecular flexibility index (Phi) is 3.95. The van der Waals surface area contributed by atoms with Crippen LogP contribution in [-0.4, -0.2) is 29.9 Å². The van der Waals surface area contributed by atoms with Crippen molar-refractivity contribution in [1.82, 2.24) is 4.90 Å². The van der Waals surface area contributed by atoms with E-state index in [-0.39, 0.29) is 0 Å². The number of alkyl halides is 1. The second-order valence-electron chi connectivity index (χ2n) is 5.71. The summed E-state index contributed by atoms with van der Waals surface area (Å²) in [7, 11) is 0. The van der Waals surface area contributed by atoms with Crippen LogP contribution in [0.25, 0.3) is 0 Å². The Hall–Kier alpha value is 0.250. The molecule has 2 rings (SSSR count). The van der Waals surface area contributed by atoms with E-state index in [1.165, 1.54) is 45.3 Å². The first kappa shape index (κ1) is 11.7.